The van der Waals surface area contributed by atoms with E-state index in [9.17, 15) is 0 Å². The third kappa shape index (κ3) is 3.63. The maximum absolute atomic E-state index is 3.25. The third-order valence-corrected chi connectivity index (χ3v) is 8.54. The van der Waals surface area contributed by atoms with E-state index >= 15 is 0 Å². The van der Waals surface area contributed by atoms with Gasteiger partial charge in [0.15, 0.2) is 0 Å². The Balaban J connectivity index is 1.37. The van der Waals surface area contributed by atoms with Crippen LogP contribution in [0, 0.1) is 17.8 Å². The van der Waals surface area contributed by atoms with Crippen molar-refractivity contribution in [3.8, 4) is 0 Å². The molecule has 4 aliphatic carbocycles. The maximum Gasteiger partial charge on any atom is 0.00210 e. The van der Waals surface area contributed by atoms with Gasteiger partial charge in [-0.05, 0) is 91.5 Å². The van der Waals surface area contributed by atoms with Gasteiger partial charge in [0.2, 0.25) is 0 Å². The summed E-state index contributed by atoms with van der Waals surface area (Å²) in [7, 11) is 3.25. The molecule has 1 aromatic carbocycles. The number of hydrogen-bond donors (Lipinski definition) is 0. The summed E-state index contributed by atoms with van der Waals surface area (Å²) in [5.41, 5.74) is 6.99. The van der Waals surface area contributed by atoms with E-state index in [2.05, 4.69) is 64.7 Å². The van der Waals surface area contributed by atoms with Crippen molar-refractivity contribution in [1.82, 2.24) is 0 Å². The smallest absolute Gasteiger partial charge is 0.00210 e. The van der Waals surface area contributed by atoms with Crippen molar-refractivity contribution >= 4 is 9.24 Å². The molecule has 0 N–H and O–H groups in total. The molecule has 0 heterocycles. The molecule has 0 aromatic heterocycles. The molecule has 2 fully saturated rings. The zero-order chi connectivity index (χ0) is 18.4. The van der Waals surface area contributed by atoms with E-state index in [0.717, 1.165) is 17.8 Å². The van der Waals surface area contributed by atoms with Crippen molar-refractivity contribution in [2.24, 2.45) is 17.8 Å². The Labute approximate surface area is 167 Å². The Kier molecular flexibility index (Phi) is 4.89. The van der Waals surface area contributed by atoms with Crippen molar-refractivity contribution in [3.63, 3.8) is 0 Å². The molecule has 7 atom stereocenters. The Bertz CT molecular complexity index is 798. The zero-order valence-electron chi connectivity index (χ0n) is 16.6. The molecule has 2 saturated carbocycles. The summed E-state index contributed by atoms with van der Waals surface area (Å²) in [6, 6.07) is 9.64. The molecule has 0 bridgehead atoms. The molecular weight excluding hydrogens is 343 g/mol. The summed E-state index contributed by atoms with van der Waals surface area (Å²) >= 11 is 0. The minimum Gasteiger partial charge on any atom is -0.133 e. The molecule has 142 valence electrons. The molecule has 7 unspecified atom stereocenters. The fraction of sp³-hybridized carbons (Fsp3) is 0.538. The van der Waals surface area contributed by atoms with Crippen molar-refractivity contribution in [1.29, 1.82) is 0 Å². The predicted octanol–water partition coefficient (Wildman–Crippen LogP) is 7.16. The number of rotatable bonds is 3. The predicted molar refractivity (Wildman–Crippen MR) is 119 cm³/mol. The zero-order valence-corrected chi connectivity index (χ0v) is 17.8. The molecule has 5 rings (SSSR count). The molecule has 4 aliphatic rings. The van der Waals surface area contributed by atoms with E-state index in [1.54, 1.807) is 22.3 Å². The van der Waals surface area contributed by atoms with Crippen LogP contribution in [0.25, 0.3) is 0 Å². The van der Waals surface area contributed by atoms with E-state index in [1.165, 1.54) is 44.9 Å². The molecule has 0 nitrogen and oxygen atoms in total. The van der Waals surface area contributed by atoms with Gasteiger partial charge in [0.05, 0.1) is 0 Å². The van der Waals surface area contributed by atoms with Gasteiger partial charge in [-0.1, -0.05) is 60.6 Å². The van der Waals surface area contributed by atoms with Gasteiger partial charge < -0.3 is 0 Å². The minimum atomic E-state index is 0.655. The number of fused-ring (bicyclic) bond motifs is 1. The molecule has 0 radical (unpaired) electrons. The van der Waals surface area contributed by atoms with Gasteiger partial charge in [0.1, 0.15) is 0 Å². The fourth-order valence-corrected chi connectivity index (χ4v) is 6.70. The monoisotopic (exact) mass is 376 g/mol. The normalized spacial score (nSPS) is 38.0. The molecule has 0 spiro atoms. The molecule has 0 amide bonds. The number of hydrogen-bond acceptors (Lipinski definition) is 0. The highest BCUT2D eigenvalue weighted by atomic mass is 31.0. The largest absolute Gasteiger partial charge is 0.133 e. The standard InChI is InChI=1S/C26H33P/c1-17-5-2-7-21(13-17)24-9-4-10-25(26(24)27)22-8-3-6-18(14-22)19-11-12-20-16-23(20)15-19/h3,6-8,11-14,19-20,23-26H,2,4-5,9-10,15-16,27H2,1H3. The first-order chi connectivity index (χ1) is 13.2. The summed E-state index contributed by atoms with van der Waals surface area (Å²) in [5.74, 6) is 3.95. The minimum absolute atomic E-state index is 0.655. The lowest BCUT2D eigenvalue weighted by atomic mass is 9.72. The van der Waals surface area contributed by atoms with E-state index in [1.807, 2.05) is 0 Å². The first-order valence-electron chi connectivity index (χ1n) is 11.1. The second-order valence-corrected chi connectivity index (χ2v) is 10.3. The average Bonchev–Trinajstić information content (AvgIpc) is 3.47. The average molecular weight is 377 g/mol. The molecule has 1 heteroatoms. The van der Waals surface area contributed by atoms with Crippen LogP contribution in [0.5, 0.6) is 0 Å². The van der Waals surface area contributed by atoms with Crippen LogP contribution in [0.15, 0.2) is 59.7 Å². The molecule has 1 aromatic rings. The van der Waals surface area contributed by atoms with Gasteiger partial charge >= 0.3 is 0 Å². The van der Waals surface area contributed by atoms with Crippen LogP contribution in [-0.2, 0) is 0 Å². The first-order valence-corrected chi connectivity index (χ1v) is 11.8. The van der Waals surface area contributed by atoms with Gasteiger partial charge in [-0.15, -0.1) is 9.24 Å². The van der Waals surface area contributed by atoms with Gasteiger partial charge in [0, 0.05) is 5.92 Å². The number of benzene rings is 1. The lowest BCUT2D eigenvalue weighted by Gasteiger charge is -2.38. The van der Waals surface area contributed by atoms with Crippen LogP contribution in [0.4, 0.5) is 0 Å². The van der Waals surface area contributed by atoms with Crippen molar-refractivity contribution < 1.29 is 0 Å². The molecule has 0 aliphatic heterocycles. The van der Waals surface area contributed by atoms with Gasteiger partial charge in [-0.2, -0.15) is 0 Å². The third-order valence-electron chi connectivity index (χ3n) is 7.61. The SMILES string of the molecule is CC1=CC(C2CCCC(c3cccc(C4C=CC5CC5C4)c3)C2P)=CCC1. The van der Waals surface area contributed by atoms with Crippen LogP contribution in [0.3, 0.4) is 0 Å². The Morgan fingerprint density at radius 1 is 1.00 bits per heavy atom. The maximum atomic E-state index is 3.25. The summed E-state index contributed by atoms with van der Waals surface area (Å²) in [6.45, 7) is 2.30. The quantitative estimate of drug-likeness (QED) is 0.388. The van der Waals surface area contributed by atoms with Crippen LogP contribution >= 0.6 is 9.24 Å². The van der Waals surface area contributed by atoms with Gasteiger partial charge in [-0.25, -0.2) is 0 Å². The molecular formula is C26H33P. The van der Waals surface area contributed by atoms with Crippen LogP contribution < -0.4 is 0 Å². The highest BCUT2D eigenvalue weighted by molar-refractivity contribution is 7.17. The van der Waals surface area contributed by atoms with Crippen LogP contribution in [-0.4, -0.2) is 5.66 Å². The highest BCUT2D eigenvalue weighted by Gasteiger charge is 2.39. The second kappa shape index (κ2) is 7.36. The van der Waals surface area contributed by atoms with Crippen molar-refractivity contribution in [2.75, 3.05) is 0 Å². The van der Waals surface area contributed by atoms with Crippen molar-refractivity contribution in [2.45, 2.75) is 69.4 Å². The van der Waals surface area contributed by atoms with Crippen LogP contribution in [0.1, 0.15) is 74.8 Å². The van der Waals surface area contributed by atoms with Crippen LogP contribution in [0.2, 0.25) is 0 Å². The Morgan fingerprint density at radius 3 is 2.70 bits per heavy atom. The summed E-state index contributed by atoms with van der Waals surface area (Å²) < 4.78 is 0. The lowest BCUT2D eigenvalue weighted by molar-refractivity contribution is 0.374. The van der Waals surface area contributed by atoms with Gasteiger partial charge in [0.25, 0.3) is 0 Å². The second-order valence-electron chi connectivity index (χ2n) is 9.51. The fourth-order valence-electron chi connectivity index (χ4n) is 5.87. The van der Waals surface area contributed by atoms with Crippen molar-refractivity contribution in [3.05, 3.63) is 70.8 Å². The van der Waals surface area contributed by atoms with Gasteiger partial charge in [-0.3, -0.25) is 0 Å². The topological polar surface area (TPSA) is 0 Å². The van der Waals surface area contributed by atoms with E-state index < -0.39 is 0 Å². The van der Waals surface area contributed by atoms with E-state index in [-0.39, 0.29) is 0 Å². The highest BCUT2D eigenvalue weighted by Crippen LogP contribution is 2.51. The first kappa shape index (κ1) is 17.9. The summed E-state index contributed by atoms with van der Waals surface area (Å²) in [5, 5.41) is 0. The lowest BCUT2D eigenvalue weighted by Crippen LogP contribution is -2.28. The molecule has 0 saturated heterocycles. The summed E-state index contributed by atoms with van der Waals surface area (Å²) in [4.78, 5) is 0. The van der Waals surface area contributed by atoms with E-state index in [0.29, 0.717) is 17.5 Å². The Morgan fingerprint density at radius 2 is 1.85 bits per heavy atom. The Hall–Kier alpha value is -1.13. The number of allylic oxidation sites excluding steroid dienone is 6. The molecule has 27 heavy (non-hydrogen) atoms. The van der Waals surface area contributed by atoms with E-state index in [4.69, 9.17) is 0 Å². The summed E-state index contributed by atoms with van der Waals surface area (Å²) in [6.07, 6.45) is 19.4.